The summed E-state index contributed by atoms with van der Waals surface area (Å²) in [4.78, 5) is 16.2. The third-order valence-electron chi connectivity index (χ3n) is 1.91. The minimum atomic E-state index is -0.326. The Morgan fingerprint density at radius 3 is 2.25 bits per heavy atom. The Morgan fingerprint density at radius 2 is 1.75 bits per heavy atom. The topological polar surface area (TPSA) is 56.8 Å². The first-order valence-corrected chi connectivity index (χ1v) is 5.46. The largest absolute Gasteiger partial charge is 0.493 e. The molecule has 0 aromatic heterocycles. The molecule has 1 N–H and O–H groups in total. The molecule has 0 fully saturated rings. The molecule has 6 heteroatoms. The van der Waals surface area contributed by atoms with E-state index in [4.69, 9.17) is 9.47 Å². The zero-order valence-electron chi connectivity index (χ0n) is 9.17. The molecule has 1 rings (SSSR count). The van der Waals surface area contributed by atoms with Gasteiger partial charge in [-0.2, -0.15) is 0 Å². The quantitative estimate of drug-likeness (QED) is 0.670. The van der Waals surface area contributed by atoms with Gasteiger partial charge in [-0.1, -0.05) is 0 Å². The van der Waals surface area contributed by atoms with Gasteiger partial charge < -0.3 is 9.47 Å². The second kappa shape index (κ2) is 5.90. The molecule has 16 heavy (non-hydrogen) atoms. The number of hydrogen-bond acceptors (Lipinski definition) is 4. The molecule has 0 spiro atoms. The van der Waals surface area contributed by atoms with Crippen molar-refractivity contribution in [3.8, 4) is 11.5 Å². The Balaban J connectivity index is 3.15. The van der Waals surface area contributed by atoms with Crippen molar-refractivity contribution in [2.75, 3.05) is 21.3 Å². The van der Waals surface area contributed by atoms with E-state index in [9.17, 15) is 4.79 Å². The van der Waals surface area contributed by atoms with E-state index in [2.05, 4.69) is 10.3 Å². The van der Waals surface area contributed by atoms with Crippen molar-refractivity contribution in [3.63, 3.8) is 0 Å². The minimum absolute atomic E-state index is 0.326. The molecule has 0 saturated heterocycles. The number of benzene rings is 1. The highest BCUT2D eigenvalue weighted by Crippen LogP contribution is 2.31. The summed E-state index contributed by atoms with van der Waals surface area (Å²) in [5.74, 6) is 0.762. The van der Waals surface area contributed by atoms with E-state index in [1.54, 1.807) is 19.2 Å². The molecule has 0 atom stereocenters. The van der Waals surface area contributed by atoms with Crippen molar-refractivity contribution in [3.05, 3.63) is 21.3 Å². The van der Waals surface area contributed by atoms with Crippen LogP contribution in [-0.2, 0) is 4.84 Å². The van der Waals surface area contributed by atoms with Crippen molar-refractivity contribution >= 4 is 28.5 Å². The maximum absolute atomic E-state index is 11.6. The normalized spacial score (nSPS) is 9.75. The number of nitrogens with one attached hydrogen (secondary N) is 1. The first kappa shape index (κ1) is 13.0. The van der Waals surface area contributed by atoms with E-state index >= 15 is 0 Å². The maximum Gasteiger partial charge on any atom is 0.276 e. The fraction of sp³-hybridized carbons (Fsp3) is 0.300. The number of hydrogen-bond donors (Lipinski definition) is 1. The summed E-state index contributed by atoms with van der Waals surface area (Å²) >= 11 is 2.05. The third kappa shape index (κ3) is 2.76. The molecule has 5 nitrogen and oxygen atoms in total. The predicted molar refractivity (Wildman–Crippen MR) is 66.7 cm³/mol. The van der Waals surface area contributed by atoms with Gasteiger partial charge in [0, 0.05) is 3.57 Å². The smallest absolute Gasteiger partial charge is 0.276 e. The van der Waals surface area contributed by atoms with Gasteiger partial charge in [-0.3, -0.25) is 9.63 Å². The van der Waals surface area contributed by atoms with Crippen LogP contribution in [-0.4, -0.2) is 27.2 Å². The lowest BCUT2D eigenvalue weighted by Gasteiger charge is -2.11. The van der Waals surface area contributed by atoms with Gasteiger partial charge in [0.25, 0.3) is 5.91 Å². The molecular weight excluding hydrogens is 325 g/mol. The van der Waals surface area contributed by atoms with Crippen molar-refractivity contribution in [1.29, 1.82) is 0 Å². The molecule has 0 heterocycles. The molecule has 0 bridgehead atoms. The zero-order chi connectivity index (χ0) is 12.1. The first-order valence-electron chi connectivity index (χ1n) is 4.38. The van der Waals surface area contributed by atoms with E-state index < -0.39 is 0 Å². The summed E-state index contributed by atoms with van der Waals surface area (Å²) in [5, 5.41) is 0. The number of carbonyl (C=O) groups excluding carboxylic acids is 1. The van der Waals surface area contributed by atoms with Crippen molar-refractivity contribution in [2.24, 2.45) is 0 Å². The number of carbonyl (C=O) groups is 1. The van der Waals surface area contributed by atoms with E-state index in [1.807, 2.05) is 22.6 Å². The standard InChI is InChI=1S/C10H12INO4/c1-14-8-4-6(10(13)12-16-3)7(11)5-9(8)15-2/h4-5H,1-3H3,(H,12,13). The Bertz CT molecular complexity index is 395. The van der Waals surface area contributed by atoms with Crippen molar-refractivity contribution in [2.45, 2.75) is 0 Å². The number of rotatable bonds is 4. The average molecular weight is 337 g/mol. The highest BCUT2D eigenvalue weighted by Gasteiger charge is 2.15. The first-order chi connectivity index (χ1) is 7.63. The molecule has 1 amide bonds. The molecule has 0 unspecified atom stereocenters. The summed E-state index contributed by atoms with van der Waals surface area (Å²) in [6.45, 7) is 0. The van der Waals surface area contributed by atoms with Crippen LogP contribution in [0.2, 0.25) is 0 Å². The van der Waals surface area contributed by atoms with E-state index in [0.717, 1.165) is 3.57 Å². The molecule has 0 radical (unpaired) electrons. The van der Waals surface area contributed by atoms with Crippen LogP contribution in [0.4, 0.5) is 0 Å². The predicted octanol–water partition coefficient (Wildman–Crippen LogP) is 1.60. The molecular formula is C10H12INO4. The highest BCUT2D eigenvalue weighted by molar-refractivity contribution is 14.1. The van der Waals surface area contributed by atoms with Crippen LogP contribution >= 0.6 is 22.6 Å². The van der Waals surface area contributed by atoms with Crippen LogP contribution in [0.25, 0.3) is 0 Å². The number of ether oxygens (including phenoxy) is 2. The van der Waals surface area contributed by atoms with Gasteiger partial charge in [-0.25, -0.2) is 5.48 Å². The Morgan fingerprint density at radius 1 is 1.19 bits per heavy atom. The van der Waals surface area contributed by atoms with Gasteiger partial charge in [0.1, 0.15) is 0 Å². The number of amides is 1. The molecule has 1 aromatic carbocycles. The summed E-state index contributed by atoms with van der Waals surface area (Å²) in [6, 6.07) is 3.33. The van der Waals surface area contributed by atoms with Crippen LogP contribution in [0.15, 0.2) is 12.1 Å². The van der Waals surface area contributed by atoms with Crippen molar-refractivity contribution < 1.29 is 19.1 Å². The molecule has 0 aliphatic rings. The summed E-state index contributed by atoms with van der Waals surface area (Å²) in [5.41, 5.74) is 2.72. The Kier molecular flexibility index (Phi) is 4.81. The monoisotopic (exact) mass is 337 g/mol. The number of hydroxylamine groups is 1. The van der Waals surface area contributed by atoms with Crippen LogP contribution in [0.1, 0.15) is 10.4 Å². The minimum Gasteiger partial charge on any atom is -0.493 e. The third-order valence-corrected chi connectivity index (χ3v) is 2.81. The molecule has 88 valence electrons. The number of methoxy groups -OCH3 is 2. The fourth-order valence-corrected chi connectivity index (χ4v) is 1.86. The second-order valence-corrected chi connectivity index (χ2v) is 3.98. The zero-order valence-corrected chi connectivity index (χ0v) is 11.3. The van der Waals surface area contributed by atoms with Gasteiger partial charge in [-0.05, 0) is 34.7 Å². The van der Waals surface area contributed by atoms with E-state index in [-0.39, 0.29) is 5.91 Å². The fourth-order valence-electron chi connectivity index (χ4n) is 1.18. The lowest BCUT2D eigenvalue weighted by molar-refractivity contribution is 0.0536. The van der Waals surface area contributed by atoms with Crippen LogP contribution in [0.3, 0.4) is 0 Å². The Labute approximate surface area is 107 Å². The Hall–Kier alpha value is -1.02. The van der Waals surface area contributed by atoms with Crippen LogP contribution in [0.5, 0.6) is 11.5 Å². The lowest BCUT2D eigenvalue weighted by atomic mass is 10.2. The van der Waals surface area contributed by atoms with Crippen LogP contribution < -0.4 is 15.0 Å². The number of halogens is 1. The summed E-state index contributed by atoms with van der Waals surface area (Å²) in [6.07, 6.45) is 0. The maximum atomic E-state index is 11.6. The molecule has 0 aliphatic carbocycles. The van der Waals surface area contributed by atoms with Gasteiger partial charge in [0.05, 0.1) is 26.9 Å². The summed E-state index contributed by atoms with van der Waals surface area (Å²) in [7, 11) is 4.44. The molecule has 0 aliphatic heterocycles. The SMILES string of the molecule is CONC(=O)c1cc(OC)c(OC)cc1I. The van der Waals surface area contributed by atoms with E-state index in [1.165, 1.54) is 14.2 Å². The average Bonchev–Trinajstić information content (AvgIpc) is 2.28. The van der Waals surface area contributed by atoms with Gasteiger partial charge in [0.15, 0.2) is 11.5 Å². The van der Waals surface area contributed by atoms with E-state index in [0.29, 0.717) is 17.1 Å². The summed E-state index contributed by atoms with van der Waals surface area (Å²) < 4.78 is 11.0. The highest BCUT2D eigenvalue weighted by atomic mass is 127. The second-order valence-electron chi connectivity index (χ2n) is 2.82. The van der Waals surface area contributed by atoms with Crippen molar-refractivity contribution in [1.82, 2.24) is 5.48 Å². The van der Waals surface area contributed by atoms with Crippen LogP contribution in [0, 0.1) is 3.57 Å². The van der Waals surface area contributed by atoms with Gasteiger partial charge >= 0.3 is 0 Å². The van der Waals surface area contributed by atoms with Gasteiger partial charge in [-0.15, -0.1) is 0 Å². The lowest BCUT2D eigenvalue weighted by Crippen LogP contribution is -2.22. The molecule has 0 saturated carbocycles. The molecule has 1 aromatic rings. The van der Waals surface area contributed by atoms with Gasteiger partial charge in [0.2, 0.25) is 0 Å².